The van der Waals surface area contributed by atoms with Crippen LogP contribution in [0, 0.1) is 0 Å². The Morgan fingerprint density at radius 1 is 1.24 bits per heavy atom. The molecular formula is C9H7F3N4S. The lowest BCUT2D eigenvalue weighted by molar-refractivity contribution is -0.138. The van der Waals surface area contributed by atoms with Crippen molar-refractivity contribution in [1.29, 1.82) is 0 Å². The predicted molar refractivity (Wildman–Crippen MR) is 56.5 cm³/mol. The van der Waals surface area contributed by atoms with Gasteiger partial charge in [-0.05, 0) is 12.1 Å². The third-order valence-corrected chi connectivity index (χ3v) is 2.74. The number of anilines is 1. The normalized spacial score (nSPS) is 11.5. The first-order chi connectivity index (χ1) is 8.05. The fourth-order valence-electron chi connectivity index (χ4n) is 1.08. The second-order valence-corrected chi connectivity index (χ2v) is 4.06. The number of nitrogens with one attached hydrogen (secondary N) is 1. The SMILES string of the molecule is FC(F)(F)c1nnc(NCc2ccccn2)s1. The Morgan fingerprint density at radius 2 is 2.06 bits per heavy atom. The molecule has 2 heterocycles. The molecule has 2 rings (SSSR count). The summed E-state index contributed by atoms with van der Waals surface area (Å²) in [6.07, 6.45) is -2.83. The van der Waals surface area contributed by atoms with Gasteiger partial charge in [0.05, 0.1) is 12.2 Å². The largest absolute Gasteiger partial charge is 0.445 e. The number of pyridine rings is 1. The lowest BCUT2D eigenvalue weighted by atomic mass is 10.3. The van der Waals surface area contributed by atoms with Crippen molar-refractivity contribution >= 4 is 16.5 Å². The van der Waals surface area contributed by atoms with E-state index in [1.54, 1.807) is 24.4 Å². The summed E-state index contributed by atoms with van der Waals surface area (Å²) >= 11 is 0.473. The van der Waals surface area contributed by atoms with Gasteiger partial charge in [-0.3, -0.25) is 4.98 Å². The van der Waals surface area contributed by atoms with E-state index in [0.29, 0.717) is 17.9 Å². The van der Waals surface area contributed by atoms with Gasteiger partial charge in [-0.1, -0.05) is 17.4 Å². The fourth-order valence-corrected chi connectivity index (χ4v) is 1.68. The minimum absolute atomic E-state index is 0.128. The maximum absolute atomic E-state index is 12.2. The summed E-state index contributed by atoms with van der Waals surface area (Å²) < 4.78 is 36.7. The average molecular weight is 260 g/mol. The highest BCUT2D eigenvalue weighted by Gasteiger charge is 2.35. The molecule has 0 aromatic carbocycles. The number of nitrogens with zero attached hydrogens (tertiary/aromatic N) is 3. The van der Waals surface area contributed by atoms with Gasteiger partial charge in [0.15, 0.2) is 0 Å². The lowest BCUT2D eigenvalue weighted by Crippen LogP contribution is -2.03. The van der Waals surface area contributed by atoms with Crippen molar-refractivity contribution in [2.24, 2.45) is 0 Å². The van der Waals surface area contributed by atoms with E-state index >= 15 is 0 Å². The molecule has 1 N–H and O–H groups in total. The van der Waals surface area contributed by atoms with Crippen LogP contribution in [-0.4, -0.2) is 15.2 Å². The standard InChI is InChI=1S/C9H7F3N4S/c10-9(11,12)7-15-16-8(17-7)14-5-6-3-1-2-4-13-6/h1-4H,5H2,(H,14,16). The van der Waals surface area contributed by atoms with E-state index in [2.05, 4.69) is 20.5 Å². The first kappa shape index (κ1) is 11.8. The fraction of sp³-hybridized carbons (Fsp3) is 0.222. The molecule has 2 aromatic rings. The van der Waals surface area contributed by atoms with Crippen LogP contribution in [-0.2, 0) is 12.7 Å². The van der Waals surface area contributed by atoms with Crippen LogP contribution < -0.4 is 5.32 Å². The highest BCUT2D eigenvalue weighted by molar-refractivity contribution is 7.15. The van der Waals surface area contributed by atoms with E-state index in [0.717, 1.165) is 5.69 Å². The van der Waals surface area contributed by atoms with Crippen LogP contribution in [0.25, 0.3) is 0 Å². The summed E-state index contributed by atoms with van der Waals surface area (Å²) in [5, 5.41) is 8.37. The van der Waals surface area contributed by atoms with Crippen LogP contribution >= 0.6 is 11.3 Å². The third kappa shape index (κ3) is 3.13. The Hall–Kier alpha value is -1.70. The molecule has 0 aliphatic rings. The van der Waals surface area contributed by atoms with E-state index in [1.165, 1.54) is 0 Å². The molecule has 0 saturated carbocycles. The molecule has 8 heteroatoms. The van der Waals surface area contributed by atoms with E-state index in [-0.39, 0.29) is 5.13 Å². The monoisotopic (exact) mass is 260 g/mol. The van der Waals surface area contributed by atoms with E-state index < -0.39 is 11.2 Å². The molecule has 0 bridgehead atoms. The lowest BCUT2D eigenvalue weighted by Gasteiger charge is -2.00. The van der Waals surface area contributed by atoms with Crippen molar-refractivity contribution in [2.75, 3.05) is 5.32 Å². The first-order valence-corrected chi connectivity index (χ1v) is 5.42. The minimum Gasteiger partial charge on any atom is -0.354 e. The third-order valence-electron chi connectivity index (χ3n) is 1.81. The van der Waals surface area contributed by atoms with Gasteiger partial charge < -0.3 is 5.32 Å². The summed E-state index contributed by atoms with van der Waals surface area (Å²) in [4.78, 5) is 4.02. The number of aromatic nitrogens is 3. The van der Waals surface area contributed by atoms with Crippen LogP contribution in [0.3, 0.4) is 0 Å². The summed E-state index contributed by atoms with van der Waals surface area (Å²) in [5.74, 6) is 0. The van der Waals surface area contributed by atoms with Gasteiger partial charge in [0.25, 0.3) is 0 Å². The van der Waals surface area contributed by atoms with Gasteiger partial charge in [-0.25, -0.2) is 0 Å². The van der Waals surface area contributed by atoms with Crippen LogP contribution in [0.15, 0.2) is 24.4 Å². The van der Waals surface area contributed by atoms with Crippen LogP contribution in [0.5, 0.6) is 0 Å². The second-order valence-electron chi connectivity index (χ2n) is 3.08. The molecule has 0 fully saturated rings. The summed E-state index contributed by atoms with van der Waals surface area (Å²) in [6, 6.07) is 5.32. The molecule has 0 atom stereocenters. The number of hydrogen-bond acceptors (Lipinski definition) is 5. The number of alkyl halides is 3. The highest BCUT2D eigenvalue weighted by atomic mass is 32.1. The topological polar surface area (TPSA) is 50.7 Å². The molecule has 90 valence electrons. The molecule has 4 nitrogen and oxygen atoms in total. The zero-order chi connectivity index (χ0) is 12.3. The molecule has 0 saturated heterocycles. The molecule has 17 heavy (non-hydrogen) atoms. The summed E-state index contributed by atoms with van der Waals surface area (Å²) in [7, 11) is 0. The first-order valence-electron chi connectivity index (χ1n) is 4.60. The molecule has 2 aromatic heterocycles. The molecule has 0 spiro atoms. The summed E-state index contributed by atoms with van der Waals surface area (Å²) in [5.41, 5.74) is 0.719. The van der Waals surface area contributed by atoms with E-state index in [1.807, 2.05) is 0 Å². The zero-order valence-electron chi connectivity index (χ0n) is 8.40. The second kappa shape index (κ2) is 4.66. The van der Waals surface area contributed by atoms with Gasteiger partial charge in [-0.2, -0.15) is 13.2 Å². The van der Waals surface area contributed by atoms with Crippen molar-refractivity contribution in [1.82, 2.24) is 15.2 Å². The molecule has 0 amide bonds. The smallest absolute Gasteiger partial charge is 0.354 e. The molecular weight excluding hydrogens is 253 g/mol. The molecule has 0 unspecified atom stereocenters. The van der Waals surface area contributed by atoms with Gasteiger partial charge in [0.1, 0.15) is 0 Å². The van der Waals surface area contributed by atoms with E-state index in [9.17, 15) is 13.2 Å². The number of hydrogen-bond donors (Lipinski definition) is 1. The summed E-state index contributed by atoms with van der Waals surface area (Å²) in [6.45, 7) is 0.313. The Labute approximate surface area is 98.5 Å². The van der Waals surface area contributed by atoms with Gasteiger partial charge in [0, 0.05) is 6.20 Å². The number of halogens is 3. The van der Waals surface area contributed by atoms with Crippen LogP contribution in [0.4, 0.5) is 18.3 Å². The van der Waals surface area contributed by atoms with Gasteiger partial charge >= 0.3 is 6.18 Å². The highest BCUT2D eigenvalue weighted by Crippen LogP contribution is 2.32. The molecule has 0 aliphatic heterocycles. The zero-order valence-corrected chi connectivity index (χ0v) is 9.22. The Bertz CT molecular complexity index is 482. The maximum Gasteiger partial charge on any atom is 0.445 e. The average Bonchev–Trinajstić information content (AvgIpc) is 2.76. The van der Waals surface area contributed by atoms with Crippen molar-refractivity contribution in [3.05, 3.63) is 35.1 Å². The predicted octanol–water partition coefficient (Wildman–Crippen LogP) is 2.56. The molecule has 0 aliphatic carbocycles. The van der Waals surface area contributed by atoms with Crippen molar-refractivity contribution < 1.29 is 13.2 Å². The minimum atomic E-state index is -4.44. The van der Waals surface area contributed by atoms with Crippen molar-refractivity contribution in [2.45, 2.75) is 12.7 Å². The maximum atomic E-state index is 12.2. The van der Waals surface area contributed by atoms with Crippen LogP contribution in [0.2, 0.25) is 0 Å². The van der Waals surface area contributed by atoms with Crippen molar-refractivity contribution in [3.63, 3.8) is 0 Å². The quantitative estimate of drug-likeness (QED) is 0.921. The number of rotatable bonds is 3. The Balaban J connectivity index is 1.99. The van der Waals surface area contributed by atoms with Gasteiger partial charge in [0.2, 0.25) is 10.1 Å². The van der Waals surface area contributed by atoms with Gasteiger partial charge in [-0.15, -0.1) is 10.2 Å². The van der Waals surface area contributed by atoms with Crippen LogP contribution in [0.1, 0.15) is 10.7 Å². The van der Waals surface area contributed by atoms with Crippen molar-refractivity contribution in [3.8, 4) is 0 Å². The molecule has 0 radical (unpaired) electrons. The van der Waals surface area contributed by atoms with E-state index in [4.69, 9.17) is 0 Å². The Kier molecular flexibility index (Phi) is 3.23. The Morgan fingerprint density at radius 3 is 2.65 bits per heavy atom.